The van der Waals surface area contributed by atoms with Gasteiger partial charge >= 0.3 is 0 Å². The van der Waals surface area contributed by atoms with Crippen LogP contribution in [0.3, 0.4) is 0 Å². The first kappa shape index (κ1) is 22.6. The second kappa shape index (κ2) is 9.90. The van der Waals surface area contributed by atoms with Crippen molar-refractivity contribution >= 4 is 28.9 Å². The number of nitrogens with one attached hydrogen (secondary N) is 2. The van der Waals surface area contributed by atoms with Crippen LogP contribution in [0.25, 0.3) is 10.9 Å². The summed E-state index contributed by atoms with van der Waals surface area (Å²) in [6, 6.07) is 15.1. The number of carbonyl (C=O) groups excluding carboxylic acids is 2. The third-order valence-corrected chi connectivity index (χ3v) is 6.26. The first-order valence-electron chi connectivity index (χ1n) is 11.4. The van der Waals surface area contributed by atoms with Gasteiger partial charge in [0.2, 0.25) is 0 Å². The van der Waals surface area contributed by atoms with Crippen molar-refractivity contribution in [2.45, 2.75) is 52.1 Å². The number of H-pyrrole nitrogens is 1. The van der Waals surface area contributed by atoms with E-state index in [0.29, 0.717) is 11.3 Å². The SMILES string of the molecule is Cc1[nH]c2ccccc2c1/C=N/NC(=O)c1ccc(OCC(=O)N2C(C)CCCC2C)cc1. The van der Waals surface area contributed by atoms with Crippen LogP contribution >= 0.6 is 0 Å². The number of fused-ring (bicyclic) bond motifs is 1. The van der Waals surface area contributed by atoms with Gasteiger partial charge in [-0.05, 0) is 70.4 Å². The van der Waals surface area contributed by atoms with Gasteiger partial charge in [-0.1, -0.05) is 18.2 Å². The highest BCUT2D eigenvalue weighted by Gasteiger charge is 2.28. The molecule has 172 valence electrons. The van der Waals surface area contributed by atoms with Crippen molar-refractivity contribution in [2.24, 2.45) is 5.10 Å². The molecule has 2 aromatic carbocycles. The molecule has 1 aliphatic heterocycles. The number of hydrogen-bond acceptors (Lipinski definition) is 4. The number of piperidine rings is 1. The number of ether oxygens (including phenoxy) is 1. The van der Waals surface area contributed by atoms with E-state index in [-0.39, 0.29) is 30.5 Å². The van der Waals surface area contributed by atoms with E-state index in [2.05, 4.69) is 29.4 Å². The highest BCUT2D eigenvalue weighted by molar-refractivity contribution is 6.01. The van der Waals surface area contributed by atoms with E-state index < -0.39 is 0 Å². The summed E-state index contributed by atoms with van der Waals surface area (Å²) in [6.07, 6.45) is 4.87. The van der Waals surface area contributed by atoms with Gasteiger partial charge in [0.05, 0.1) is 6.21 Å². The fourth-order valence-electron chi connectivity index (χ4n) is 4.52. The minimum Gasteiger partial charge on any atom is -0.484 e. The Kier molecular flexibility index (Phi) is 6.77. The minimum atomic E-state index is -0.317. The summed E-state index contributed by atoms with van der Waals surface area (Å²) in [5.74, 6) is 0.232. The molecule has 33 heavy (non-hydrogen) atoms. The zero-order valence-electron chi connectivity index (χ0n) is 19.3. The lowest BCUT2D eigenvalue weighted by Crippen LogP contribution is -2.49. The normalized spacial score (nSPS) is 18.6. The summed E-state index contributed by atoms with van der Waals surface area (Å²) in [6.45, 7) is 6.14. The predicted octanol–water partition coefficient (Wildman–Crippen LogP) is 4.41. The van der Waals surface area contributed by atoms with Gasteiger partial charge < -0.3 is 14.6 Å². The topological polar surface area (TPSA) is 86.8 Å². The van der Waals surface area contributed by atoms with Gasteiger partial charge in [0.25, 0.3) is 11.8 Å². The Balaban J connectivity index is 1.32. The molecule has 1 fully saturated rings. The highest BCUT2D eigenvalue weighted by atomic mass is 16.5. The van der Waals surface area contributed by atoms with Crippen molar-refractivity contribution in [3.8, 4) is 5.75 Å². The van der Waals surface area contributed by atoms with Crippen LogP contribution in [0, 0.1) is 6.92 Å². The Bertz CT molecular complexity index is 1160. The molecule has 1 saturated heterocycles. The third kappa shape index (κ3) is 5.08. The van der Waals surface area contributed by atoms with Gasteiger partial charge in [-0.25, -0.2) is 5.43 Å². The number of aromatic amines is 1. The minimum absolute atomic E-state index is 0.00145. The van der Waals surface area contributed by atoms with Crippen molar-refractivity contribution in [3.63, 3.8) is 0 Å². The molecule has 1 aliphatic rings. The van der Waals surface area contributed by atoms with Crippen LogP contribution in [-0.2, 0) is 4.79 Å². The number of para-hydroxylation sites is 1. The average molecular weight is 447 g/mol. The van der Waals surface area contributed by atoms with Gasteiger partial charge in [-0.15, -0.1) is 0 Å². The average Bonchev–Trinajstić information content (AvgIpc) is 3.13. The van der Waals surface area contributed by atoms with Crippen LogP contribution in [0.15, 0.2) is 53.6 Å². The summed E-state index contributed by atoms with van der Waals surface area (Å²) in [5, 5.41) is 5.18. The van der Waals surface area contributed by atoms with Crippen molar-refractivity contribution in [1.29, 1.82) is 0 Å². The van der Waals surface area contributed by atoms with E-state index in [1.165, 1.54) is 0 Å². The predicted molar refractivity (Wildman–Crippen MR) is 130 cm³/mol. The lowest BCUT2D eigenvalue weighted by atomic mass is 9.97. The highest BCUT2D eigenvalue weighted by Crippen LogP contribution is 2.23. The summed E-state index contributed by atoms with van der Waals surface area (Å²) >= 11 is 0. The van der Waals surface area contributed by atoms with Gasteiger partial charge in [0, 0.05) is 39.8 Å². The van der Waals surface area contributed by atoms with Crippen molar-refractivity contribution in [3.05, 3.63) is 65.4 Å². The Morgan fingerprint density at radius 1 is 1.12 bits per heavy atom. The summed E-state index contributed by atoms with van der Waals surface area (Å²) in [7, 11) is 0. The largest absolute Gasteiger partial charge is 0.484 e. The Morgan fingerprint density at radius 3 is 2.55 bits per heavy atom. The molecule has 7 nitrogen and oxygen atoms in total. The fourth-order valence-corrected chi connectivity index (χ4v) is 4.52. The Morgan fingerprint density at radius 2 is 1.82 bits per heavy atom. The van der Waals surface area contributed by atoms with Gasteiger partial charge in [-0.2, -0.15) is 5.10 Å². The monoisotopic (exact) mass is 446 g/mol. The van der Waals surface area contributed by atoms with Crippen LogP contribution in [0.4, 0.5) is 0 Å². The smallest absolute Gasteiger partial charge is 0.271 e. The summed E-state index contributed by atoms with van der Waals surface area (Å²) in [5.41, 5.74) is 5.98. The molecule has 2 atom stereocenters. The first-order chi connectivity index (χ1) is 15.9. The molecular weight excluding hydrogens is 416 g/mol. The summed E-state index contributed by atoms with van der Waals surface area (Å²) < 4.78 is 5.68. The van der Waals surface area contributed by atoms with Crippen LogP contribution in [-0.4, -0.2) is 46.6 Å². The number of hydrazone groups is 1. The Labute approximate surface area is 193 Å². The van der Waals surface area contributed by atoms with Crippen molar-refractivity contribution < 1.29 is 14.3 Å². The lowest BCUT2D eigenvalue weighted by Gasteiger charge is -2.38. The van der Waals surface area contributed by atoms with E-state index in [1.54, 1.807) is 30.5 Å². The molecule has 2 unspecified atom stereocenters. The molecule has 3 aromatic rings. The molecule has 2 N–H and O–H groups in total. The van der Waals surface area contributed by atoms with Gasteiger partial charge in [0.15, 0.2) is 6.61 Å². The van der Waals surface area contributed by atoms with E-state index in [0.717, 1.165) is 41.4 Å². The molecule has 0 bridgehead atoms. The first-order valence-corrected chi connectivity index (χ1v) is 11.4. The maximum atomic E-state index is 12.6. The van der Waals surface area contributed by atoms with Crippen LogP contribution < -0.4 is 10.2 Å². The summed E-state index contributed by atoms with van der Waals surface area (Å²) in [4.78, 5) is 30.3. The second-order valence-electron chi connectivity index (χ2n) is 8.65. The molecular formula is C26H30N4O3. The van der Waals surface area contributed by atoms with E-state index in [9.17, 15) is 9.59 Å². The third-order valence-electron chi connectivity index (χ3n) is 6.26. The maximum Gasteiger partial charge on any atom is 0.271 e. The molecule has 0 saturated carbocycles. The molecule has 4 rings (SSSR count). The molecule has 0 spiro atoms. The zero-order valence-corrected chi connectivity index (χ0v) is 19.3. The number of aryl methyl sites for hydroxylation is 1. The van der Waals surface area contributed by atoms with Gasteiger partial charge in [-0.3, -0.25) is 9.59 Å². The van der Waals surface area contributed by atoms with Crippen LogP contribution in [0.5, 0.6) is 5.75 Å². The lowest BCUT2D eigenvalue weighted by molar-refractivity contribution is -0.139. The molecule has 0 radical (unpaired) electrons. The fraction of sp³-hybridized carbons (Fsp3) is 0.346. The number of benzene rings is 2. The number of likely N-dealkylation sites (tertiary alicyclic amines) is 1. The number of nitrogens with zero attached hydrogens (tertiary/aromatic N) is 2. The maximum absolute atomic E-state index is 12.6. The van der Waals surface area contributed by atoms with E-state index >= 15 is 0 Å². The Hall–Kier alpha value is -3.61. The zero-order chi connectivity index (χ0) is 23.4. The number of aromatic nitrogens is 1. The van der Waals surface area contributed by atoms with Gasteiger partial charge in [0.1, 0.15) is 5.75 Å². The number of amides is 2. The molecule has 0 aliphatic carbocycles. The molecule has 1 aromatic heterocycles. The van der Waals surface area contributed by atoms with Crippen molar-refractivity contribution in [1.82, 2.24) is 15.3 Å². The molecule has 7 heteroatoms. The van der Waals surface area contributed by atoms with Crippen LogP contribution in [0.1, 0.15) is 54.7 Å². The van der Waals surface area contributed by atoms with E-state index in [1.807, 2.05) is 36.1 Å². The number of hydrogen-bond donors (Lipinski definition) is 2. The van der Waals surface area contributed by atoms with Crippen LogP contribution in [0.2, 0.25) is 0 Å². The standard InChI is InChI=1S/C26H30N4O3/c1-17-7-6-8-18(2)30(17)25(31)16-33-21-13-11-20(12-14-21)26(32)29-27-15-23-19(3)28-24-10-5-4-9-22(23)24/h4-5,9-15,17-18,28H,6-8,16H2,1-3H3,(H,29,32)/b27-15+. The quantitative estimate of drug-likeness (QED) is 0.434. The van der Waals surface area contributed by atoms with E-state index in [4.69, 9.17) is 4.74 Å². The molecule has 2 amide bonds. The second-order valence-corrected chi connectivity index (χ2v) is 8.65. The van der Waals surface area contributed by atoms with Crippen molar-refractivity contribution in [2.75, 3.05) is 6.61 Å². The molecule has 2 heterocycles. The number of carbonyl (C=O) groups is 2. The number of rotatable bonds is 6.